The summed E-state index contributed by atoms with van der Waals surface area (Å²) in [6.45, 7) is 0. The molecule has 0 bridgehead atoms. The maximum atomic E-state index is 13.6. The predicted octanol–water partition coefficient (Wildman–Crippen LogP) is 7.43. The van der Waals surface area contributed by atoms with Crippen LogP contribution in [0.4, 0.5) is 0 Å². The fourth-order valence-electron chi connectivity index (χ4n) is 4.94. The number of hydrogen-bond acceptors (Lipinski definition) is 6. The average molecular weight is 528 g/mol. The molecule has 2 aromatic heterocycles. The van der Waals surface area contributed by atoms with E-state index in [1.807, 2.05) is 60.8 Å². The highest BCUT2D eigenvalue weighted by atomic mass is 16.5. The third kappa shape index (κ3) is 3.92. The van der Waals surface area contributed by atoms with E-state index in [2.05, 4.69) is 4.98 Å². The van der Waals surface area contributed by atoms with Crippen molar-refractivity contribution in [3.05, 3.63) is 120 Å². The number of aromatic amines is 1. The summed E-state index contributed by atoms with van der Waals surface area (Å²) in [4.78, 5) is 29.8. The maximum Gasteiger partial charge on any atom is 0.348 e. The molecule has 3 heterocycles. The number of ether oxygens (including phenoxy) is 3. The number of methoxy groups -OCH3 is 1. The topological polar surface area (TPSA) is 90.8 Å². The molecule has 0 saturated carbocycles. The third-order valence-electron chi connectivity index (χ3n) is 6.90. The zero-order chi connectivity index (χ0) is 27.2. The Morgan fingerprint density at radius 3 is 2.52 bits per heavy atom. The summed E-state index contributed by atoms with van der Waals surface area (Å²) in [5.41, 5.74) is 3.74. The predicted molar refractivity (Wildman–Crippen MR) is 151 cm³/mol. The van der Waals surface area contributed by atoms with Gasteiger partial charge in [-0.3, -0.25) is 4.79 Å². The lowest BCUT2D eigenvalue weighted by atomic mass is 10.1. The van der Waals surface area contributed by atoms with Crippen LogP contribution >= 0.6 is 0 Å². The van der Waals surface area contributed by atoms with Crippen LogP contribution < -0.4 is 14.2 Å². The summed E-state index contributed by atoms with van der Waals surface area (Å²) in [7, 11) is 1.56. The molecule has 1 aliphatic heterocycles. The number of aromatic nitrogens is 1. The summed E-state index contributed by atoms with van der Waals surface area (Å²) in [5.74, 6) is 0.889. The van der Waals surface area contributed by atoms with Crippen molar-refractivity contribution >= 4 is 39.7 Å². The van der Waals surface area contributed by atoms with Gasteiger partial charge in [0.25, 0.3) is 0 Å². The van der Waals surface area contributed by atoms with Crippen molar-refractivity contribution in [1.82, 2.24) is 4.98 Å². The number of ketones is 1. The first kappa shape index (κ1) is 23.5. The number of furan rings is 1. The number of hydrogen-bond donors (Lipinski definition) is 1. The van der Waals surface area contributed by atoms with Crippen molar-refractivity contribution in [2.45, 2.75) is 0 Å². The molecular formula is C33H21NO6. The lowest BCUT2D eigenvalue weighted by molar-refractivity contribution is 0.0736. The Morgan fingerprint density at radius 2 is 1.68 bits per heavy atom. The smallest absolute Gasteiger partial charge is 0.348 e. The Labute approximate surface area is 228 Å². The lowest BCUT2D eigenvalue weighted by Gasteiger charge is -2.07. The van der Waals surface area contributed by atoms with E-state index < -0.39 is 5.97 Å². The number of esters is 1. The van der Waals surface area contributed by atoms with Crippen LogP contribution in [-0.4, -0.2) is 23.8 Å². The molecule has 0 fully saturated rings. The first-order valence-electron chi connectivity index (χ1n) is 12.6. The minimum Gasteiger partial charge on any atom is -0.497 e. The van der Waals surface area contributed by atoms with E-state index in [1.54, 1.807) is 49.6 Å². The van der Waals surface area contributed by atoms with Gasteiger partial charge in [0, 0.05) is 39.7 Å². The molecular weight excluding hydrogens is 506 g/mol. The number of allylic oxidation sites excluding steroid dienone is 1. The highest BCUT2D eigenvalue weighted by Crippen LogP contribution is 2.38. The SMILES string of the molecule is COc1ccc2oc(-c3ccccc3)c(C(=O)Oc3ccc4c(c3)OC(=Cc3c[nH]c5ccccc35)C4=O)c2c1. The molecule has 1 N–H and O–H groups in total. The van der Waals surface area contributed by atoms with Crippen LogP contribution in [0.1, 0.15) is 26.3 Å². The second-order valence-electron chi connectivity index (χ2n) is 9.31. The van der Waals surface area contributed by atoms with E-state index in [0.717, 1.165) is 22.0 Å². The van der Waals surface area contributed by atoms with Gasteiger partial charge < -0.3 is 23.6 Å². The van der Waals surface area contributed by atoms with Crippen LogP contribution in [0.15, 0.2) is 107 Å². The molecule has 4 aromatic carbocycles. The Hall–Kier alpha value is -5.56. The van der Waals surface area contributed by atoms with Gasteiger partial charge in [0.05, 0.1) is 12.7 Å². The van der Waals surface area contributed by atoms with E-state index in [-0.39, 0.29) is 22.9 Å². The summed E-state index contributed by atoms with van der Waals surface area (Å²) < 4.78 is 23.2. The van der Waals surface area contributed by atoms with Gasteiger partial charge in [-0.05, 0) is 42.5 Å². The zero-order valence-corrected chi connectivity index (χ0v) is 21.3. The average Bonchev–Trinajstić information content (AvgIpc) is 3.67. The molecule has 40 heavy (non-hydrogen) atoms. The second kappa shape index (κ2) is 9.32. The van der Waals surface area contributed by atoms with Crippen molar-refractivity contribution in [2.75, 3.05) is 7.11 Å². The molecule has 7 nitrogen and oxygen atoms in total. The number of para-hydroxylation sites is 1. The van der Waals surface area contributed by atoms with Crippen LogP contribution in [0.3, 0.4) is 0 Å². The largest absolute Gasteiger partial charge is 0.497 e. The molecule has 0 aliphatic carbocycles. The molecule has 6 aromatic rings. The Balaban J connectivity index is 1.22. The van der Waals surface area contributed by atoms with Crippen LogP contribution in [0.2, 0.25) is 0 Å². The van der Waals surface area contributed by atoms with Crippen LogP contribution in [0, 0.1) is 0 Å². The Bertz CT molecular complexity index is 1980. The van der Waals surface area contributed by atoms with Gasteiger partial charge in [-0.25, -0.2) is 4.79 Å². The highest BCUT2D eigenvalue weighted by molar-refractivity contribution is 6.15. The van der Waals surface area contributed by atoms with Gasteiger partial charge in [0.2, 0.25) is 5.78 Å². The maximum absolute atomic E-state index is 13.6. The number of benzene rings is 4. The van der Waals surface area contributed by atoms with Gasteiger partial charge in [-0.1, -0.05) is 48.5 Å². The summed E-state index contributed by atoms with van der Waals surface area (Å²) >= 11 is 0. The highest BCUT2D eigenvalue weighted by Gasteiger charge is 2.29. The molecule has 1 aliphatic rings. The fourth-order valence-corrected chi connectivity index (χ4v) is 4.94. The minimum atomic E-state index is -0.607. The standard InChI is InChI=1S/C33H21NO6/c1-37-21-12-14-27-25(16-21)30(32(40-27)19-7-3-2-4-8-19)33(36)38-22-11-13-24-28(17-22)39-29(31(24)35)15-20-18-34-26-10-6-5-9-23(20)26/h2-18,34H,1H3. The fraction of sp³-hybridized carbons (Fsp3) is 0.0303. The van der Waals surface area contributed by atoms with E-state index in [9.17, 15) is 9.59 Å². The normalized spacial score (nSPS) is 13.5. The molecule has 0 saturated heterocycles. The molecule has 0 radical (unpaired) electrons. The number of rotatable bonds is 5. The van der Waals surface area contributed by atoms with Crippen molar-refractivity contribution < 1.29 is 28.2 Å². The van der Waals surface area contributed by atoms with Crippen molar-refractivity contribution in [3.8, 4) is 28.6 Å². The van der Waals surface area contributed by atoms with Gasteiger partial charge in [-0.2, -0.15) is 0 Å². The number of carbonyl (C=O) groups excluding carboxylic acids is 2. The number of Topliss-reactive ketones (excluding diaryl/α,β-unsaturated/α-hetero) is 1. The molecule has 7 rings (SSSR count). The van der Waals surface area contributed by atoms with Crippen LogP contribution in [-0.2, 0) is 0 Å². The Morgan fingerprint density at radius 1 is 0.875 bits per heavy atom. The number of nitrogens with one attached hydrogen (secondary N) is 1. The molecule has 0 atom stereocenters. The molecule has 0 unspecified atom stereocenters. The van der Waals surface area contributed by atoms with E-state index in [1.165, 1.54) is 0 Å². The van der Waals surface area contributed by atoms with Gasteiger partial charge in [0.15, 0.2) is 5.76 Å². The number of fused-ring (bicyclic) bond motifs is 3. The quantitative estimate of drug-likeness (QED) is 0.142. The number of carbonyl (C=O) groups is 2. The van der Waals surface area contributed by atoms with Crippen LogP contribution in [0.5, 0.6) is 17.2 Å². The second-order valence-corrected chi connectivity index (χ2v) is 9.31. The summed E-state index contributed by atoms with van der Waals surface area (Å²) in [6, 6.07) is 27.2. The summed E-state index contributed by atoms with van der Waals surface area (Å²) in [6.07, 6.45) is 3.54. The third-order valence-corrected chi connectivity index (χ3v) is 6.90. The minimum absolute atomic E-state index is 0.197. The van der Waals surface area contributed by atoms with Crippen molar-refractivity contribution in [1.29, 1.82) is 0 Å². The molecule has 7 heteroatoms. The monoisotopic (exact) mass is 527 g/mol. The van der Waals surface area contributed by atoms with Gasteiger partial charge in [0.1, 0.15) is 34.2 Å². The molecule has 0 amide bonds. The molecule has 0 spiro atoms. The lowest BCUT2D eigenvalue weighted by Crippen LogP contribution is -2.09. The van der Waals surface area contributed by atoms with Crippen molar-refractivity contribution in [3.63, 3.8) is 0 Å². The first-order valence-corrected chi connectivity index (χ1v) is 12.6. The van der Waals surface area contributed by atoms with Gasteiger partial charge in [-0.15, -0.1) is 0 Å². The first-order chi connectivity index (χ1) is 19.6. The summed E-state index contributed by atoms with van der Waals surface area (Å²) in [5, 5.41) is 1.55. The van der Waals surface area contributed by atoms with E-state index >= 15 is 0 Å². The zero-order valence-electron chi connectivity index (χ0n) is 21.3. The number of H-pyrrole nitrogens is 1. The van der Waals surface area contributed by atoms with E-state index in [4.69, 9.17) is 18.6 Å². The van der Waals surface area contributed by atoms with Crippen molar-refractivity contribution in [2.24, 2.45) is 0 Å². The van der Waals surface area contributed by atoms with Gasteiger partial charge >= 0.3 is 5.97 Å². The molecule has 194 valence electrons. The van der Waals surface area contributed by atoms with Crippen LogP contribution in [0.25, 0.3) is 39.3 Å². The Kier molecular flexibility index (Phi) is 5.49. The van der Waals surface area contributed by atoms with E-state index in [0.29, 0.717) is 33.8 Å².